The standard InChI is InChI=1S/C21H26N2O2/c1-24-20-8-10-21(11-9-20)25-16-2-3-18-4-6-19(7-5-18)17-23-14-12-22-13-15-23/h2-11,22H,12-17H2,1H3. The molecule has 1 saturated heterocycles. The van der Waals surface area contributed by atoms with Gasteiger partial charge in [-0.05, 0) is 41.5 Å². The molecular formula is C21H26N2O2. The number of hydrogen-bond acceptors (Lipinski definition) is 4. The van der Waals surface area contributed by atoms with Crippen LogP contribution in [0.15, 0.2) is 54.6 Å². The molecule has 0 unspecified atom stereocenters. The van der Waals surface area contributed by atoms with Gasteiger partial charge in [-0.2, -0.15) is 0 Å². The molecule has 1 aliphatic rings. The largest absolute Gasteiger partial charge is 0.497 e. The van der Waals surface area contributed by atoms with E-state index in [-0.39, 0.29) is 0 Å². The molecule has 0 bridgehead atoms. The Hall–Kier alpha value is -2.30. The summed E-state index contributed by atoms with van der Waals surface area (Å²) in [5, 5.41) is 3.39. The van der Waals surface area contributed by atoms with E-state index in [1.807, 2.05) is 30.3 Å². The van der Waals surface area contributed by atoms with E-state index in [1.54, 1.807) is 7.11 Å². The third-order valence-corrected chi connectivity index (χ3v) is 4.31. The summed E-state index contributed by atoms with van der Waals surface area (Å²) in [6.07, 6.45) is 4.13. The van der Waals surface area contributed by atoms with Gasteiger partial charge in [0.1, 0.15) is 18.1 Å². The zero-order chi connectivity index (χ0) is 17.3. The van der Waals surface area contributed by atoms with E-state index in [4.69, 9.17) is 9.47 Å². The van der Waals surface area contributed by atoms with Gasteiger partial charge < -0.3 is 14.8 Å². The monoisotopic (exact) mass is 338 g/mol. The minimum Gasteiger partial charge on any atom is -0.497 e. The summed E-state index contributed by atoms with van der Waals surface area (Å²) >= 11 is 0. The fraction of sp³-hybridized carbons (Fsp3) is 0.333. The molecule has 132 valence electrons. The number of methoxy groups -OCH3 is 1. The summed E-state index contributed by atoms with van der Waals surface area (Å²) in [6, 6.07) is 16.4. The van der Waals surface area contributed by atoms with Crippen LogP contribution in [0.25, 0.3) is 6.08 Å². The van der Waals surface area contributed by atoms with Gasteiger partial charge in [0, 0.05) is 32.7 Å². The van der Waals surface area contributed by atoms with E-state index in [2.05, 4.69) is 40.6 Å². The highest BCUT2D eigenvalue weighted by Crippen LogP contribution is 2.17. The van der Waals surface area contributed by atoms with Crippen molar-refractivity contribution in [2.75, 3.05) is 39.9 Å². The number of hydrogen-bond donors (Lipinski definition) is 1. The summed E-state index contributed by atoms with van der Waals surface area (Å²) in [5.41, 5.74) is 2.57. The Morgan fingerprint density at radius 2 is 1.64 bits per heavy atom. The second-order valence-electron chi connectivity index (χ2n) is 6.16. The predicted octanol–water partition coefficient (Wildman–Crippen LogP) is 3.19. The first-order valence-electron chi connectivity index (χ1n) is 8.79. The molecule has 2 aromatic rings. The molecule has 0 aromatic heterocycles. The van der Waals surface area contributed by atoms with Gasteiger partial charge in [-0.25, -0.2) is 0 Å². The summed E-state index contributed by atoms with van der Waals surface area (Å²) in [5.74, 6) is 1.68. The highest BCUT2D eigenvalue weighted by Gasteiger charge is 2.09. The summed E-state index contributed by atoms with van der Waals surface area (Å²) in [7, 11) is 1.66. The average Bonchev–Trinajstić information content (AvgIpc) is 2.68. The van der Waals surface area contributed by atoms with Crippen LogP contribution in [0.5, 0.6) is 11.5 Å². The molecule has 2 aromatic carbocycles. The molecule has 0 atom stereocenters. The van der Waals surface area contributed by atoms with Gasteiger partial charge in [-0.3, -0.25) is 4.90 Å². The van der Waals surface area contributed by atoms with E-state index in [1.165, 1.54) is 11.1 Å². The molecule has 0 saturated carbocycles. The molecule has 0 amide bonds. The molecule has 0 radical (unpaired) electrons. The molecular weight excluding hydrogens is 312 g/mol. The van der Waals surface area contributed by atoms with Gasteiger partial charge in [-0.15, -0.1) is 0 Å². The van der Waals surface area contributed by atoms with Gasteiger partial charge in [0.25, 0.3) is 0 Å². The highest BCUT2D eigenvalue weighted by molar-refractivity contribution is 5.49. The number of rotatable bonds is 7. The van der Waals surface area contributed by atoms with Crippen LogP contribution in [-0.2, 0) is 6.54 Å². The third kappa shape index (κ3) is 5.62. The molecule has 1 fully saturated rings. The number of nitrogens with zero attached hydrogens (tertiary/aromatic N) is 1. The smallest absolute Gasteiger partial charge is 0.120 e. The van der Waals surface area contributed by atoms with Crippen molar-refractivity contribution in [3.05, 3.63) is 65.7 Å². The maximum Gasteiger partial charge on any atom is 0.120 e. The Labute approximate surface area is 150 Å². The van der Waals surface area contributed by atoms with Crippen molar-refractivity contribution in [1.82, 2.24) is 10.2 Å². The molecule has 1 aliphatic heterocycles. The summed E-state index contributed by atoms with van der Waals surface area (Å²) in [4.78, 5) is 2.49. The molecule has 25 heavy (non-hydrogen) atoms. The van der Waals surface area contributed by atoms with Gasteiger partial charge in [0.2, 0.25) is 0 Å². The lowest BCUT2D eigenvalue weighted by molar-refractivity contribution is 0.233. The van der Waals surface area contributed by atoms with Crippen LogP contribution in [0.2, 0.25) is 0 Å². The highest BCUT2D eigenvalue weighted by atomic mass is 16.5. The van der Waals surface area contributed by atoms with Crippen LogP contribution < -0.4 is 14.8 Å². The van der Waals surface area contributed by atoms with Crippen molar-refractivity contribution in [2.24, 2.45) is 0 Å². The number of ether oxygens (including phenoxy) is 2. The molecule has 1 heterocycles. The predicted molar refractivity (Wildman–Crippen MR) is 102 cm³/mol. The van der Waals surface area contributed by atoms with Gasteiger partial charge in [-0.1, -0.05) is 30.3 Å². The maximum absolute atomic E-state index is 5.70. The Balaban J connectivity index is 1.44. The number of nitrogens with one attached hydrogen (secondary N) is 1. The van der Waals surface area contributed by atoms with Crippen molar-refractivity contribution >= 4 is 6.08 Å². The lowest BCUT2D eigenvalue weighted by Crippen LogP contribution is -2.42. The molecule has 3 rings (SSSR count). The Bertz CT molecular complexity index is 659. The maximum atomic E-state index is 5.70. The minimum absolute atomic E-state index is 0.550. The normalized spacial score (nSPS) is 15.4. The van der Waals surface area contributed by atoms with E-state index in [9.17, 15) is 0 Å². The van der Waals surface area contributed by atoms with Crippen LogP contribution in [0.4, 0.5) is 0 Å². The number of benzene rings is 2. The SMILES string of the molecule is COc1ccc(OCC=Cc2ccc(CN3CCNCC3)cc2)cc1. The Morgan fingerprint density at radius 3 is 2.32 bits per heavy atom. The van der Waals surface area contributed by atoms with E-state index in [0.717, 1.165) is 44.2 Å². The Morgan fingerprint density at radius 1 is 0.960 bits per heavy atom. The lowest BCUT2D eigenvalue weighted by Gasteiger charge is -2.27. The van der Waals surface area contributed by atoms with Crippen molar-refractivity contribution in [1.29, 1.82) is 0 Å². The first-order chi connectivity index (χ1) is 12.3. The van der Waals surface area contributed by atoms with E-state index < -0.39 is 0 Å². The van der Waals surface area contributed by atoms with Crippen molar-refractivity contribution < 1.29 is 9.47 Å². The molecule has 4 nitrogen and oxygen atoms in total. The second kappa shape index (κ2) is 9.25. The van der Waals surface area contributed by atoms with Crippen LogP contribution in [-0.4, -0.2) is 44.8 Å². The lowest BCUT2D eigenvalue weighted by atomic mass is 10.1. The van der Waals surface area contributed by atoms with E-state index >= 15 is 0 Å². The second-order valence-corrected chi connectivity index (χ2v) is 6.16. The minimum atomic E-state index is 0.550. The fourth-order valence-corrected chi connectivity index (χ4v) is 2.86. The third-order valence-electron chi connectivity index (χ3n) is 4.31. The van der Waals surface area contributed by atoms with Crippen LogP contribution in [0.1, 0.15) is 11.1 Å². The van der Waals surface area contributed by atoms with Crippen molar-refractivity contribution in [3.63, 3.8) is 0 Å². The molecule has 4 heteroatoms. The van der Waals surface area contributed by atoms with Crippen molar-refractivity contribution in [2.45, 2.75) is 6.54 Å². The van der Waals surface area contributed by atoms with Crippen LogP contribution in [0.3, 0.4) is 0 Å². The average molecular weight is 338 g/mol. The zero-order valence-electron chi connectivity index (χ0n) is 14.8. The fourth-order valence-electron chi connectivity index (χ4n) is 2.86. The van der Waals surface area contributed by atoms with Crippen molar-refractivity contribution in [3.8, 4) is 11.5 Å². The summed E-state index contributed by atoms with van der Waals surface area (Å²) in [6.45, 7) is 6.03. The topological polar surface area (TPSA) is 33.7 Å². The van der Waals surface area contributed by atoms with Crippen LogP contribution in [0, 0.1) is 0 Å². The van der Waals surface area contributed by atoms with Crippen LogP contribution >= 0.6 is 0 Å². The first-order valence-corrected chi connectivity index (χ1v) is 8.79. The zero-order valence-corrected chi connectivity index (χ0v) is 14.8. The number of piperazine rings is 1. The van der Waals surface area contributed by atoms with Gasteiger partial charge >= 0.3 is 0 Å². The first kappa shape index (κ1) is 17.5. The van der Waals surface area contributed by atoms with Gasteiger partial charge in [0.05, 0.1) is 7.11 Å². The molecule has 1 N–H and O–H groups in total. The summed E-state index contributed by atoms with van der Waals surface area (Å²) < 4.78 is 10.8. The van der Waals surface area contributed by atoms with Gasteiger partial charge in [0.15, 0.2) is 0 Å². The Kier molecular flexibility index (Phi) is 6.48. The molecule has 0 aliphatic carbocycles. The quantitative estimate of drug-likeness (QED) is 0.841. The van der Waals surface area contributed by atoms with E-state index in [0.29, 0.717) is 6.61 Å². The molecule has 0 spiro atoms.